The van der Waals surface area contributed by atoms with Gasteiger partial charge in [-0.15, -0.1) is 0 Å². The van der Waals surface area contributed by atoms with Crippen LogP contribution in [0.15, 0.2) is 10.6 Å². The Morgan fingerprint density at radius 3 is 2.24 bits per heavy atom. The van der Waals surface area contributed by atoms with Crippen molar-refractivity contribution in [3.8, 4) is 0 Å². The van der Waals surface area contributed by atoms with Gasteiger partial charge in [-0.25, -0.2) is 0 Å². The van der Waals surface area contributed by atoms with Gasteiger partial charge in [0.05, 0.1) is 12.0 Å². The van der Waals surface area contributed by atoms with E-state index in [0.29, 0.717) is 18.6 Å². The molecule has 0 radical (unpaired) electrons. The van der Waals surface area contributed by atoms with E-state index in [4.69, 9.17) is 9.63 Å². The minimum atomic E-state index is -0.936. The van der Waals surface area contributed by atoms with Crippen molar-refractivity contribution in [1.82, 2.24) is 10.5 Å². The molecule has 0 aliphatic heterocycles. The van der Waals surface area contributed by atoms with Gasteiger partial charge in [-0.2, -0.15) is 0 Å². The first kappa shape index (κ1) is 17.2. The topological polar surface area (TPSA) is 92.4 Å². The zero-order chi connectivity index (χ0) is 16.3. The third-order valence-electron chi connectivity index (χ3n) is 3.70. The van der Waals surface area contributed by atoms with Gasteiger partial charge in [0.2, 0.25) is 0 Å². The molecule has 0 saturated carbocycles. The molecule has 0 fully saturated rings. The fourth-order valence-electron chi connectivity index (χ4n) is 2.05. The van der Waals surface area contributed by atoms with E-state index in [0.717, 1.165) is 0 Å². The molecule has 0 atom stereocenters. The summed E-state index contributed by atoms with van der Waals surface area (Å²) in [5.41, 5.74) is -0.820. The van der Waals surface area contributed by atoms with Gasteiger partial charge >= 0.3 is 5.97 Å². The van der Waals surface area contributed by atoms with Crippen LogP contribution in [0.5, 0.6) is 0 Å². The van der Waals surface area contributed by atoms with Gasteiger partial charge in [0.15, 0.2) is 5.69 Å². The Balaban J connectivity index is 2.92. The number of hydrogen-bond donors (Lipinski definition) is 2. The Morgan fingerprint density at radius 2 is 1.86 bits per heavy atom. The minimum absolute atomic E-state index is 0.115. The standard InChI is InChI=1S/C15H24N2O4/c1-6-15(7-2,9-12(18)19)16-13(20)10-8-11(21-17-10)14(3,4)5/h8H,6-7,9H2,1-5H3,(H,16,20)(H,18,19). The Morgan fingerprint density at radius 1 is 1.29 bits per heavy atom. The molecule has 1 heterocycles. The number of carbonyl (C=O) groups excluding carboxylic acids is 1. The molecular weight excluding hydrogens is 272 g/mol. The zero-order valence-corrected chi connectivity index (χ0v) is 13.3. The molecule has 6 heteroatoms. The number of hydrogen-bond acceptors (Lipinski definition) is 4. The highest BCUT2D eigenvalue weighted by atomic mass is 16.5. The molecule has 0 bridgehead atoms. The van der Waals surface area contributed by atoms with Gasteiger partial charge in [0.25, 0.3) is 5.91 Å². The van der Waals surface area contributed by atoms with E-state index in [9.17, 15) is 9.59 Å². The van der Waals surface area contributed by atoms with Crippen LogP contribution >= 0.6 is 0 Å². The van der Waals surface area contributed by atoms with Crippen LogP contribution in [0.25, 0.3) is 0 Å². The van der Waals surface area contributed by atoms with Crippen molar-refractivity contribution in [3.63, 3.8) is 0 Å². The van der Waals surface area contributed by atoms with E-state index in [1.54, 1.807) is 6.07 Å². The van der Waals surface area contributed by atoms with Crippen molar-refractivity contribution in [2.45, 2.75) is 64.8 Å². The summed E-state index contributed by atoms with van der Waals surface area (Å²) in [5.74, 6) is -0.724. The molecule has 0 unspecified atom stereocenters. The minimum Gasteiger partial charge on any atom is -0.481 e. The molecule has 1 rings (SSSR count). The number of amides is 1. The van der Waals surface area contributed by atoms with E-state index in [1.165, 1.54) is 0 Å². The van der Waals surface area contributed by atoms with Gasteiger partial charge in [-0.05, 0) is 12.8 Å². The van der Waals surface area contributed by atoms with Crippen LogP contribution in [-0.2, 0) is 10.2 Å². The SMILES string of the molecule is CCC(CC)(CC(=O)O)NC(=O)c1cc(C(C)(C)C)on1. The van der Waals surface area contributed by atoms with E-state index < -0.39 is 17.4 Å². The second kappa shape index (κ2) is 6.28. The van der Waals surface area contributed by atoms with E-state index >= 15 is 0 Å². The molecule has 118 valence electrons. The number of nitrogens with one attached hydrogen (secondary N) is 1. The number of aliphatic carboxylic acids is 1. The largest absolute Gasteiger partial charge is 0.481 e. The van der Waals surface area contributed by atoms with Crippen molar-refractivity contribution < 1.29 is 19.2 Å². The van der Waals surface area contributed by atoms with Gasteiger partial charge < -0.3 is 14.9 Å². The summed E-state index contributed by atoms with van der Waals surface area (Å²) in [6, 6.07) is 1.60. The molecule has 6 nitrogen and oxygen atoms in total. The highest BCUT2D eigenvalue weighted by Crippen LogP contribution is 2.24. The molecular formula is C15H24N2O4. The third kappa shape index (κ3) is 4.31. The molecule has 1 aromatic rings. The van der Waals surface area contributed by atoms with E-state index in [1.807, 2.05) is 34.6 Å². The number of carboxylic acid groups (broad SMARTS) is 1. The second-order valence-electron chi connectivity index (χ2n) is 6.34. The van der Waals surface area contributed by atoms with Crippen molar-refractivity contribution in [3.05, 3.63) is 17.5 Å². The first-order valence-corrected chi connectivity index (χ1v) is 7.15. The summed E-state index contributed by atoms with van der Waals surface area (Å²) in [5, 5.41) is 15.6. The average Bonchev–Trinajstić information content (AvgIpc) is 2.86. The highest BCUT2D eigenvalue weighted by molar-refractivity contribution is 5.93. The maximum Gasteiger partial charge on any atom is 0.305 e. The molecule has 1 amide bonds. The maximum absolute atomic E-state index is 12.3. The Hall–Kier alpha value is -1.85. The number of nitrogens with zero attached hydrogens (tertiary/aromatic N) is 1. The first-order valence-electron chi connectivity index (χ1n) is 7.15. The van der Waals surface area contributed by atoms with Crippen LogP contribution in [0, 0.1) is 0 Å². The molecule has 1 aromatic heterocycles. The second-order valence-corrected chi connectivity index (χ2v) is 6.34. The quantitative estimate of drug-likeness (QED) is 0.842. The Labute approximate surface area is 124 Å². The average molecular weight is 296 g/mol. The lowest BCUT2D eigenvalue weighted by atomic mass is 9.88. The normalized spacial score (nSPS) is 12.2. The molecule has 0 aliphatic rings. The summed E-state index contributed by atoms with van der Waals surface area (Å²) >= 11 is 0. The summed E-state index contributed by atoms with van der Waals surface area (Å²) in [7, 11) is 0. The van der Waals surface area contributed by atoms with Gasteiger partial charge in [0, 0.05) is 11.5 Å². The Bertz CT molecular complexity index is 510. The molecule has 0 spiro atoms. The summed E-state index contributed by atoms with van der Waals surface area (Å²) < 4.78 is 5.19. The van der Waals surface area contributed by atoms with Crippen LogP contribution in [0.4, 0.5) is 0 Å². The van der Waals surface area contributed by atoms with Crippen LogP contribution < -0.4 is 5.32 Å². The predicted molar refractivity (Wildman–Crippen MR) is 78.2 cm³/mol. The van der Waals surface area contributed by atoms with Crippen LogP contribution in [0.1, 0.15) is 70.1 Å². The number of aromatic nitrogens is 1. The third-order valence-corrected chi connectivity index (χ3v) is 3.70. The summed E-state index contributed by atoms with van der Waals surface area (Å²) in [6.45, 7) is 9.60. The monoisotopic (exact) mass is 296 g/mol. The number of carbonyl (C=O) groups is 2. The van der Waals surface area contributed by atoms with E-state index in [2.05, 4.69) is 10.5 Å². The van der Waals surface area contributed by atoms with Crippen LogP contribution in [0.3, 0.4) is 0 Å². The Kier molecular flexibility index (Phi) is 5.15. The van der Waals surface area contributed by atoms with Gasteiger partial charge in [0.1, 0.15) is 5.76 Å². The zero-order valence-electron chi connectivity index (χ0n) is 13.3. The van der Waals surface area contributed by atoms with Crippen molar-refractivity contribution in [2.24, 2.45) is 0 Å². The van der Waals surface area contributed by atoms with Crippen molar-refractivity contribution in [2.75, 3.05) is 0 Å². The maximum atomic E-state index is 12.3. The van der Waals surface area contributed by atoms with Gasteiger partial charge in [-0.1, -0.05) is 39.8 Å². The molecule has 0 aliphatic carbocycles. The smallest absolute Gasteiger partial charge is 0.305 e. The lowest BCUT2D eigenvalue weighted by Crippen LogP contribution is -2.49. The lowest BCUT2D eigenvalue weighted by Gasteiger charge is -2.30. The molecule has 0 aromatic carbocycles. The highest BCUT2D eigenvalue weighted by Gasteiger charge is 2.32. The van der Waals surface area contributed by atoms with Crippen LogP contribution in [0.2, 0.25) is 0 Å². The van der Waals surface area contributed by atoms with E-state index in [-0.39, 0.29) is 17.5 Å². The molecule has 2 N–H and O–H groups in total. The number of rotatable bonds is 6. The summed E-state index contributed by atoms with van der Waals surface area (Å²) in [4.78, 5) is 23.3. The van der Waals surface area contributed by atoms with Crippen LogP contribution in [-0.4, -0.2) is 27.7 Å². The number of carboxylic acids is 1. The fraction of sp³-hybridized carbons (Fsp3) is 0.667. The van der Waals surface area contributed by atoms with Crippen molar-refractivity contribution in [1.29, 1.82) is 0 Å². The van der Waals surface area contributed by atoms with Crippen molar-refractivity contribution >= 4 is 11.9 Å². The fourth-order valence-corrected chi connectivity index (χ4v) is 2.05. The molecule has 21 heavy (non-hydrogen) atoms. The predicted octanol–water partition coefficient (Wildman–Crippen LogP) is 2.74. The lowest BCUT2D eigenvalue weighted by molar-refractivity contribution is -0.138. The first-order chi connectivity index (χ1) is 9.63. The molecule has 0 saturated heterocycles. The van der Waals surface area contributed by atoms with Gasteiger partial charge in [-0.3, -0.25) is 9.59 Å². The summed E-state index contributed by atoms with van der Waals surface area (Å²) in [6.07, 6.45) is 0.951.